The normalized spacial score (nSPS) is 21.8. The quantitative estimate of drug-likeness (QED) is 0.785. The predicted octanol–water partition coefficient (Wildman–Crippen LogP) is 4.44. The van der Waals surface area contributed by atoms with Crippen molar-refractivity contribution in [2.75, 3.05) is 0 Å². The lowest BCUT2D eigenvalue weighted by Crippen LogP contribution is -2.27. The van der Waals surface area contributed by atoms with Crippen LogP contribution in [0.5, 0.6) is 0 Å². The Morgan fingerprint density at radius 2 is 1.94 bits per heavy atom. The highest BCUT2D eigenvalue weighted by atomic mass is 16.3. The first-order valence-electron chi connectivity index (χ1n) is 6.72. The van der Waals surface area contributed by atoms with E-state index >= 15 is 0 Å². The Kier molecular flexibility index (Phi) is 4.42. The van der Waals surface area contributed by atoms with Crippen LogP contribution in [-0.2, 0) is 6.42 Å². The molecule has 0 radical (unpaired) electrons. The van der Waals surface area contributed by atoms with Crippen LogP contribution in [0.15, 0.2) is 10.5 Å². The summed E-state index contributed by atoms with van der Waals surface area (Å²) in [5.74, 6) is 2.38. The van der Waals surface area contributed by atoms with Crippen LogP contribution < -0.4 is 0 Å². The van der Waals surface area contributed by atoms with Crippen LogP contribution in [0, 0.1) is 5.41 Å². The summed E-state index contributed by atoms with van der Waals surface area (Å²) < 4.78 is 5.77. The first kappa shape index (κ1) is 14.3. The van der Waals surface area contributed by atoms with E-state index in [0.29, 0.717) is 5.92 Å². The van der Waals surface area contributed by atoms with Crippen molar-refractivity contribution >= 4 is 0 Å². The van der Waals surface area contributed by atoms with Crippen molar-refractivity contribution < 1.29 is 9.52 Å². The molecule has 1 unspecified atom stereocenters. The van der Waals surface area contributed by atoms with E-state index in [1.54, 1.807) is 0 Å². The molecule has 2 nitrogen and oxygen atoms in total. The summed E-state index contributed by atoms with van der Waals surface area (Å²) in [6.45, 7) is 12.5. The number of hydrogen-bond donors (Lipinski definition) is 1. The van der Waals surface area contributed by atoms with Gasteiger partial charge < -0.3 is 9.52 Å². The second-order valence-electron chi connectivity index (χ2n) is 5.57. The van der Waals surface area contributed by atoms with Crippen LogP contribution in [-0.4, -0.2) is 5.11 Å². The van der Waals surface area contributed by atoms with Gasteiger partial charge in [0.15, 0.2) is 0 Å². The molecule has 1 atom stereocenters. The number of aliphatic hydroxyl groups is 1. The highest BCUT2D eigenvalue weighted by Gasteiger charge is 2.36. The fraction of sp³-hybridized carbons (Fsp3) is 0.733. The van der Waals surface area contributed by atoms with Crippen molar-refractivity contribution in [3.8, 4) is 0 Å². The maximum atomic E-state index is 10.2. The zero-order chi connectivity index (χ0) is 13.2. The summed E-state index contributed by atoms with van der Waals surface area (Å²) >= 11 is 0. The lowest BCUT2D eigenvalue weighted by atomic mass is 9.74. The molecule has 0 aliphatic heterocycles. The minimum atomic E-state index is -0.377. The summed E-state index contributed by atoms with van der Waals surface area (Å²) in [6.07, 6.45) is 1.57. The fourth-order valence-corrected chi connectivity index (χ4v) is 2.17. The van der Waals surface area contributed by atoms with Crippen LogP contribution in [0.25, 0.3) is 0 Å². The molecule has 0 aromatic carbocycles. The maximum Gasteiger partial charge on any atom is 0.110 e. The summed E-state index contributed by atoms with van der Waals surface area (Å²) in [6, 6.07) is 2.03. The van der Waals surface area contributed by atoms with Gasteiger partial charge in [0, 0.05) is 17.9 Å². The number of furan rings is 1. The molecular formula is C15H26O2. The summed E-state index contributed by atoms with van der Waals surface area (Å²) in [7, 11) is 0. The van der Waals surface area contributed by atoms with Gasteiger partial charge in [0.1, 0.15) is 11.5 Å². The minimum absolute atomic E-state index is 0.0227. The maximum absolute atomic E-state index is 10.2. The first-order chi connectivity index (χ1) is 7.92. The summed E-state index contributed by atoms with van der Waals surface area (Å²) in [5, 5.41) is 10.2. The van der Waals surface area contributed by atoms with Gasteiger partial charge in [-0.25, -0.2) is 0 Å². The SMILES string of the molecule is CC.CC(C)c1cc2c(o1)CCC(C)(C)C2O. The average molecular weight is 238 g/mol. The number of aryl methyl sites for hydroxylation is 1. The lowest BCUT2D eigenvalue weighted by molar-refractivity contribution is 0.0307. The largest absolute Gasteiger partial charge is 0.465 e. The molecule has 0 amide bonds. The topological polar surface area (TPSA) is 33.4 Å². The Hall–Kier alpha value is -0.760. The second kappa shape index (κ2) is 5.26. The molecule has 17 heavy (non-hydrogen) atoms. The van der Waals surface area contributed by atoms with Gasteiger partial charge in [-0.15, -0.1) is 0 Å². The molecular weight excluding hydrogens is 212 g/mol. The Morgan fingerprint density at radius 1 is 1.35 bits per heavy atom. The van der Waals surface area contributed by atoms with Crippen molar-refractivity contribution in [2.45, 2.75) is 66.4 Å². The van der Waals surface area contributed by atoms with Gasteiger partial charge in [0.2, 0.25) is 0 Å². The van der Waals surface area contributed by atoms with Crippen molar-refractivity contribution in [1.29, 1.82) is 0 Å². The van der Waals surface area contributed by atoms with E-state index in [2.05, 4.69) is 27.7 Å². The van der Waals surface area contributed by atoms with Gasteiger partial charge >= 0.3 is 0 Å². The standard InChI is InChI=1S/C13H20O2.C2H6/c1-8(2)11-7-9-10(15-11)5-6-13(3,4)12(9)14;1-2/h7-8,12,14H,5-6H2,1-4H3;1-2H3. The van der Waals surface area contributed by atoms with Crippen LogP contribution in [0.4, 0.5) is 0 Å². The van der Waals surface area contributed by atoms with E-state index < -0.39 is 0 Å². The molecule has 98 valence electrons. The zero-order valence-corrected chi connectivity index (χ0v) is 12.0. The van der Waals surface area contributed by atoms with Gasteiger partial charge in [-0.05, 0) is 17.9 Å². The van der Waals surface area contributed by atoms with Crippen LogP contribution >= 0.6 is 0 Å². The Labute approximate surface area is 105 Å². The number of fused-ring (bicyclic) bond motifs is 1. The van der Waals surface area contributed by atoms with E-state index in [0.717, 1.165) is 29.9 Å². The Bertz CT molecular complexity index is 361. The van der Waals surface area contributed by atoms with Gasteiger partial charge in [0.25, 0.3) is 0 Å². The van der Waals surface area contributed by atoms with Crippen molar-refractivity contribution in [3.63, 3.8) is 0 Å². The smallest absolute Gasteiger partial charge is 0.110 e. The molecule has 1 aliphatic carbocycles. The van der Waals surface area contributed by atoms with E-state index in [9.17, 15) is 5.11 Å². The van der Waals surface area contributed by atoms with Gasteiger partial charge in [-0.1, -0.05) is 41.5 Å². The van der Waals surface area contributed by atoms with Gasteiger partial charge in [-0.3, -0.25) is 0 Å². The third-order valence-corrected chi connectivity index (χ3v) is 3.46. The Morgan fingerprint density at radius 3 is 2.47 bits per heavy atom. The molecule has 1 N–H and O–H groups in total. The van der Waals surface area contributed by atoms with Crippen LogP contribution in [0.2, 0.25) is 0 Å². The zero-order valence-electron chi connectivity index (χ0n) is 12.0. The Balaban J connectivity index is 0.000000686. The molecule has 0 spiro atoms. The lowest BCUT2D eigenvalue weighted by Gasteiger charge is -2.34. The second-order valence-corrected chi connectivity index (χ2v) is 5.57. The van der Waals surface area contributed by atoms with Crippen molar-refractivity contribution in [3.05, 3.63) is 23.2 Å². The van der Waals surface area contributed by atoms with Crippen LogP contribution in [0.1, 0.15) is 77.1 Å². The van der Waals surface area contributed by atoms with E-state index in [1.165, 1.54) is 0 Å². The summed E-state index contributed by atoms with van der Waals surface area (Å²) in [5.41, 5.74) is 0.987. The molecule has 1 aliphatic rings. The average Bonchev–Trinajstić information content (AvgIpc) is 2.71. The first-order valence-corrected chi connectivity index (χ1v) is 6.72. The van der Waals surface area contributed by atoms with Gasteiger partial charge in [-0.2, -0.15) is 0 Å². The minimum Gasteiger partial charge on any atom is -0.465 e. The summed E-state index contributed by atoms with van der Waals surface area (Å²) in [4.78, 5) is 0. The molecule has 2 rings (SSSR count). The highest BCUT2D eigenvalue weighted by Crippen LogP contribution is 2.45. The monoisotopic (exact) mass is 238 g/mol. The molecule has 0 fully saturated rings. The van der Waals surface area contributed by atoms with E-state index in [1.807, 2.05) is 19.9 Å². The molecule has 2 heteroatoms. The molecule has 0 saturated heterocycles. The highest BCUT2D eigenvalue weighted by molar-refractivity contribution is 5.29. The van der Waals surface area contributed by atoms with Crippen molar-refractivity contribution in [2.24, 2.45) is 5.41 Å². The van der Waals surface area contributed by atoms with Crippen molar-refractivity contribution in [1.82, 2.24) is 0 Å². The number of hydrogen-bond acceptors (Lipinski definition) is 2. The van der Waals surface area contributed by atoms with Crippen LogP contribution in [0.3, 0.4) is 0 Å². The third-order valence-electron chi connectivity index (χ3n) is 3.46. The molecule has 1 heterocycles. The van der Waals surface area contributed by atoms with Gasteiger partial charge in [0.05, 0.1) is 6.10 Å². The molecule has 0 bridgehead atoms. The number of aliphatic hydroxyl groups excluding tert-OH is 1. The third kappa shape index (κ3) is 2.74. The van der Waals surface area contributed by atoms with E-state index in [-0.39, 0.29) is 11.5 Å². The molecule has 1 aromatic rings. The fourth-order valence-electron chi connectivity index (χ4n) is 2.17. The number of rotatable bonds is 1. The molecule has 1 aromatic heterocycles. The van der Waals surface area contributed by atoms with E-state index in [4.69, 9.17) is 4.42 Å². The predicted molar refractivity (Wildman–Crippen MR) is 71.2 cm³/mol. The molecule has 0 saturated carbocycles.